The summed E-state index contributed by atoms with van der Waals surface area (Å²) in [7, 11) is 0. The van der Waals surface area contributed by atoms with Crippen LogP contribution in [0.3, 0.4) is 0 Å². The minimum Gasteiger partial charge on any atom is -0.478 e. The number of H-pyrrole nitrogens is 1. The van der Waals surface area contributed by atoms with E-state index in [-0.39, 0.29) is 11.3 Å². The highest BCUT2D eigenvalue weighted by Gasteiger charge is 2.13. The normalized spacial score (nSPS) is 11.0. The molecule has 0 amide bonds. The molecule has 3 aromatic rings. The lowest BCUT2D eigenvalue weighted by atomic mass is 10.2. The zero-order valence-electron chi connectivity index (χ0n) is 11.1. The van der Waals surface area contributed by atoms with Crippen molar-refractivity contribution in [1.82, 2.24) is 9.55 Å². The van der Waals surface area contributed by atoms with E-state index in [1.54, 1.807) is 18.2 Å². The molecule has 0 fully saturated rings. The van der Waals surface area contributed by atoms with Gasteiger partial charge in [-0.25, -0.2) is 9.59 Å². The molecule has 0 aliphatic carbocycles. The van der Waals surface area contributed by atoms with E-state index in [2.05, 4.69) is 4.98 Å². The van der Waals surface area contributed by atoms with Crippen molar-refractivity contribution in [3.63, 3.8) is 0 Å². The van der Waals surface area contributed by atoms with Crippen molar-refractivity contribution in [1.29, 1.82) is 0 Å². The minimum atomic E-state index is -1.04. The monoisotopic (exact) mass is 302 g/mol. The summed E-state index contributed by atoms with van der Waals surface area (Å²) >= 11 is 6.21. The number of rotatable bonds is 2. The van der Waals surface area contributed by atoms with Crippen molar-refractivity contribution < 1.29 is 9.90 Å². The average Bonchev–Trinajstić information content (AvgIpc) is 2.74. The summed E-state index contributed by atoms with van der Waals surface area (Å²) in [6.45, 7) is 1.91. The second-order valence-electron chi connectivity index (χ2n) is 4.76. The van der Waals surface area contributed by atoms with Gasteiger partial charge in [0, 0.05) is 0 Å². The maximum absolute atomic E-state index is 12.2. The number of benzene rings is 2. The van der Waals surface area contributed by atoms with Gasteiger partial charge in [-0.15, -0.1) is 0 Å². The Hall–Kier alpha value is -2.53. The Morgan fingerprint density at radius 3 is 2.67 bits per heavy atom. The Bertz CT molecular complexity index is 924. The Labute approximate surface area is 124 Å². The zero-order chi connectivity index (χ0) is 15.1. The molecule has 0 unspecified atom stereocenters. The number of nitrogens with zero attached hydrogens (tertiary/aromatic N) is 1. The zero-order valence-corrected chi connectivity index (χ0v) is 11.8. The summed E-state index contributed by atoms with van der Waals surface area (Å²) in [5.74, 6) is -1.04. The van der Waals surface area contributed by atoms with E-state index in [0.717, 1.165) is 5.56 Å². The molecule has 0 saturated heterocycles. The summed E-state index contributed by atoms with van der Waals surface area (Å²) in [5.41, 5.74) is 2.34. The number of nitrogens with one attached hydrogen (secondary N) is 1. The van der Waals surface area contributed by atoms with Gasteiger partial charge >= 0.3 is 11.7 Å². The molecular formula is C15H11ClN2O3. The fourth-order valence-electron chi connectivity index (χ4n) is 2.28. The number of imidazole rings is 1. The predicted octanol–water partition coefficient (Wildman–Crippen LogP) is 2.98. The molecule has 0 aliphatic rings. The van der Waals surface area contributed by atoms with Gasteiger partial charge < -0.3 is 10.1 Å². The fourth-order valence-corrected chi connectivity index (χ4v) is 2.60. The molecule has 5 nitrogen and oxygen atoms in total. The number of aromatic nitrogens is 2. The lowest BCUT2D eigenvalue weighted by Gasteiger charge is -2.07. The molecule has 106 valence electrons. The maximum atomic E-state index is 12.2. The molecule has 1 heterocycles. The summed E-state index contributed by atoms with van der Waals surface area (Å²) in [6, 6.07) is 9.87. The molecule has 1 aromatic heterocycles. The van der Waals surface area contributed by atoms with E-state index in [4.69, 9.17) is 16.7 Å². The second-order valence-corrected chi connectivity index (χ2v) is 5.16. The van der Waals surface area contributed by atoms with Crippen LogP contribution in [0.4, 0.5) is 0 Å². The van der Waals surface area contributed by atoms with Crippen LogP contribution in [0.1, 0.15) is 15.9 Å². The van der Waals surface area contributed by atoms with Gasteiger partial charge in [-0.1, -0.05) is 17.7 Å². The van der Waals surface area contributed by atoms with E-state index < -0.39 is 5.97 Å². The predicted molar refractivity (Wildman–Crippen MR) is 80.6 cm³/mol. The standard InChI is InChI=1S/C15H11ClN2O3/c1-8-2-4-12(10(16)6-8)18-13-5-3-9(14(19)20)7-11(13)17-15(18)21/h2-7H,1H3,(H,17,21)(H,19,20). The number of hydrogen-bond donors (Lipinski definition) is 2. The van der Waals surface area contributed by atoms with Crippen LogP contribution in [0.15, 0.2) is 41.2 Å². The van der Waals surface area contributed by atoms with Crippen LogP contribution in [0.2, 0.25) is 5.02 Å². The Morgan fingerprint density at radius 1 is 1.24 bits per heavy atom. The Balaban J connectivity index is 2.30. The number of carboxylic acids is 1. The third-order valence-electron chi connectivity index (χ3n) is 3.27. The number of aromatic amines is 1. The van der Waals surface area contributed by atoms with Gasteiger partial charge in [0.1, 0.15) is 0 Å². The Morgan fingerprint density at radius 2 is 2.00 bits per heavy atom. The Kier molecular flexibility index (Phi) is 3.07. The largest absolute Gasteiger partial charge is 0.478 e. The van der Waals surface area contributed by atoms with Gasteiger partial charge in [-0.2, -0.15) is 0 Å². The molecule has 0 radical (unpaired) electrons. The van der Waals surface area contributed by atoms with E-state index in [9.17, 15) is 9.59 Å². The van der Waals surface area contributed by atoms with Gasteiger partial charge in [0.2, 0.25) is 0 Å². The highest BCUT2D eigenvalue weighted by atomic mass is 35.5. The summed E-state index contributed by atoms with van der Waals surface area (Å²) in [4.78, 5) is 25.8. The average molecular weight is 303 g/mol. The van der Waals surface area contributed by atoms with Gasteiger partial charge in [0.05, 0.1) is 27.3 Å². The van der Waals surface area contributed by atoms with Crippen LogP contribution in [0.25, 0.3) is 16.7 Å². The van der Waals surface area contributed by atoms with Crippen LogP contribution in [-0.4, -0.2) is 20.6 Å². The number of aromatic carboxylic acids is 1. The van der Waals surface area contributed by atoms with E-state index in [1.807, 2.05) is 13.0 Å². The maximum Gasteiger partial charge on any atom is 0.335 e. The summed E-state index contributed by atoms with van der Waals surface area (Å²) < 4.78 is 1.43. The topological polar surface area (TPSA) is 75.1 Å². The second kappa shape index (κ2) is 4.79. The molecule has 6 heteroatoms. The molecular weight excluding hydrogens is 292 g/mol. The SMILES string of the molecule is Cc1ccc(-n2c(=O)[nH]c3cc(C(=O)O)ccc32)c(Cl)c1. The van der Waals surface area contributed by atoms with Crippen molar-refractivity contribution in [3.05, 3.63) is 63.0 Å². The molecule has 0 aliphatic heterocycles. The first kappa shape index (κ1) is 13.5. The van der Waals surface area contributed by atoms with E-state index in [1.165, 1.54) is 16.7 Å². The van der Waals surface area contributed by atoms with E-state index in [0.29, 0.717) is 21.7 Å². The number of aryl methyl sites for hydroxylation is 1. The molecule has 3 rings (SSSR count). The lowest BCUT2D eigenvalue weighted by molar-refractivity contribution is 0.0697. The van der Waals surface area contributed by atoms with Crippen molar-refractivity contribution >= 4 is 28.6 Å². The molecule has 2 N–H and O–H groups in total. The summed E-state index contributed by atoms with van der Waals surface area (Å²) in [5, 5.41) is 9.45. The third-order valence-corrected chi connectivity index (χ3v) is 3.58. The minimum absolute atomic E-state index is 0.117. The first-order chi connectivity index (χ1) is 9.97. The highest BCUT2D eigenvalue weighted by Crippen LogP contribution is 2.24. The first-order valence-corrected chi connectivity index (χ1v) is 6.60. The lowest BCUT2D eigenvalue weighted by Crippen LogP contribution is -2.14. The molecule has 0 saturated carbocycles. The van der Waals surface area contributed by atoms with Gasteiger partial charge in [-0.3, -0.25) is 4.57 Å². The number of halogens is 1. The van der Waals surface area contributed by atoms with Crippen LogP contribution in [0.5, 0.6) is 0 Å². The van der Waals surface area contributed by atoms with Crippen LogP contribution >= 0.6 is 11.6 Å². The number of fused-ring (bicyclic) bond motifs is 1. The number of carboxylic acid groups (broad SMARTS) is 1. The van der Waals surface area contributed by atoms with Crippen molar-refractivity contribution in [2.45, 2.75) is 6.92 Å². The van der Waals surface area contributed by atoms with Crippen molar-refractivity contribution in [3.8, 4) is 5.69 Å². The van der Waals surface area contributed by atoms with Crippen LogP contribution in [-0.2, 0) is 0 Å². The third kappa shape index (κ3) is 2.21. The highest BCUT2D eigenvalue weighted by molar-refractivity contribution is 6.32. The smallest absolute Gasteiger partial charge is 0.335 e. The number of carbonyl (C=O) groups is 1. The summed E-state index contributed by atoms with van der Waals surface area (Å²) in [6.07, 6.45) is 0. The fraction of sp³-hybridized carbons (Fsp3) is 0.0667. The number of hydrogen-bond acceptors (Lipinski definition) is 2. The van der Waals surface area contributed by atoms with Crippen LogP contribution in [0, 0.1) is 6.92 Å². The molecule has 21 heavy (non-hydrogen) atoms. The van der Waals surface area contributed by atoms with Gasteiger partial charge in [0.15, 0.2) is 0 Å². The molecule has 0 atom stereocenters. The van der Waals surface area contributed by atoms with Crippen molar-refractivity contribution in [2.75, 3.05) is 0 Å². The van der Waals surface area contributed by atoms with Gasteiger partial charge in [0.25, 0.3) is 0 Å². The molecule has 0 bridgehead atoms. The van der Waals surface area contributed by atoms with Gasteiger partial charge in [-0.05, 0) is 42.8 Å². The molecule has 2 aromatic carbocycles. The molecule has 0 spiro atoms. The first-order valence-electron chi connectivity index (χ1n) is 6.22. The van der Waals surface area contributed by atoms with Crippen LogP contribution < -0.4 is 5.69 Å². The quantitative estimate of drug-likeness (QED) is 0.764. The van der Waals surface area contributed by atoms with Crippen molar-refractivity contribution in [2.24, 2.45) is 0 Å². The van der Waals surface area contributed by atoms with E-state index >= 15 is 0 Å².